The molecule has 1 aromatic carbocycles. The van der Waals surface area contributed by atoms with Crippen molar-refractivity contribution >= 4 is 11.8 Å². The average Bonchev–Trinajstić information content (AvgIpc) is 2.44. The molecule has 5 heteroatoms. The third-order valence-corrected chi connectivity index (χ3v) is 3.63. The van der Waals surface area contributed by atoms with Crippen molar-refractivity contribution in [1.82, 2.24) is 10.2 Å². The van der Waals surface area contributed by atoms with Gasteiger partial charge in [-0.1, -0.05) is 30.3 Å². The summed E-state index contributed by atoms with van der Waals surface area (Å²) in [5.74, 6) is -0.133. The molecule has 3 rings (SSSR count). The Morgan fingerprint density at radius 2 is 2.05 bits per heavy atom. The maximum atomic E-state index is 12.0. The molecule has 0 radical (unpaired) electrons. The molecule has 0 saturated carbocycles. The van der Waals surface area contributed by atoms with Crippen LogP contribution in [-0.4, -0.2) is 48.6 Å². The molecule has 0 bridgehead atoms. The molecule has 1 N–H and O–H groups in total. The number of carbonyl (C=O) groups excluding carboxylic acids is 2. The molecule has 2 amide bonds. The summed E-state index contributed by atoms with van der Waals surface area (Å²) in [6.45, 7) is 1.10. The Bertz CT molecular complexity index is 489. The Morgan fingerprint density at radius 3 is 2.84 bits per heavy atom. The minimum Gasteiger partial charge on any atom is -0.373 e. The number of amides is 2. The van der Waals surface area contributed by atoms with Gasteiger partial charge in [-0.25, -0.2) is 0 Å². The second kappa shape index (κ2) is 5.01. The van der Waals surface area contributed by atoms with Crippen molar-refractivity contribution < 1.29 is 14.3 Å². The molecule has 2 aliphatic rings. The summed E-state index contributed by atoms with van der Waals surface area (Å²) in [7, 11) is 0. The van der Waals surface area contributed by atoms with Crippen molar-refractivity contribution in [2.24, 2.45) is 0 Å². The van der Waals surface area contributed by atoms with Crippen molar-refractivity contribution in [3.8, 4) is 0 Å². The maximum Gasteiger partial charge on any atom is 0.245 e. The van der Waals surface area contributed by atoms with E-state index in [-0.39, 0.29) is 24.5 Å². The van der Waals surface area contributed by atoms with Gasteiger partial charge >= 0.3 is 0 Å². The van der Waals surface area contributed by atoms with Crippen LogP contribution in [0.15, 0.2) is 30.3 Å². The lowest BCUT2D eigenvalue weighted by atomic mass is 9.97. The van der Waals surface area contributed by atoms with E-state index in [9.17, 15) is 9.59 Å². The number of hydrogen-bond acceptors (Lipinski definition) is 3. The van der Waals surface area contributed by atoms with Crippen LogP contribution in [0, 0.1) is 0 Å². The lowest BCUT2D eigenvalue weighted by molar-refractivity contribution is -0.161. The van der Waals surface area contributed by atoms with E-state index in [0.717, 1.165) is 5.56 Å². The van der Waals surface area contributed by atoms with Crippen LogP contribution in [0.1, 0.15) is 5.56 Å². The maximum absolute atomic E-state index is 12.0. The van der Waals surface area contributed by atoms with Crippen LogP contribution in [0.25, 0.3) is 0 Å². The number of benzene rings is 1. The zero-order valence-electron chi connectivity index (χ0n) is 10.5. The van der Waals surface area contributed by atoms with Gasteiger partial charge in [-0.2, -0.15) is 0 Å². The molecule has 0 aliphatic carbocycles. The van der Waals surface area contributed by atoms with E-state index in [1.807, 2.05) is 30.3 Å². The number of carbonyl (C=O) groups is 2. The highest BCUT2D eigenvalue weighted by atomic mass is 16.5. The van der Waals surface area contributed by atoms with Crippen molar-refractivity contribution in [3.05, 3.63) is 35.9 Å². The molecular formula is C14H16N2O3. The number of ether oxygens (including phenoxy) is 1. The van der Waals surface area contributed by atoms with E-state index in [1.54, 1.807) is 4.90 Å². The molecule has 2 atom stereocenters. The standard InChI is InChI=1S/C14H16N2O3/c17-12-9-15-14(18)13-11(19-7-6-16(12)13)8-10-4-2-1-3-5-10/h1-5,11,13H,6-9H2,(H,15,18). The lowest BCUT2D eigenvalue weighted by Gasteiger charge is -2.42. The molecule has 0 spiro atoms. The molecule has 19 heavy (non-hydrogen) atoms. The topological polar surface area (TPSA) is 58.6 Å². The van der Waals surface area contributed by atoms with Crippen LogP contribution in [0.5, 0.6) is 0 Å². The molecule has 2 unspecified atom stereocenters. The Morgan fingerprint density at radius 1 is 1.26 bits per heavy atom. The quantitative estimate of drug-likeness (QED) is 0.811. The van der Waals surface area contributed by atoms with Crippen LogP contribution in [0.4, 0.5) is 0 Å². The Kier molecular flexibility index (Phi) is 3.21. The van der Waals surface area contributed by atoms with E-state index in [4.69, 9.17) is 4.74 Å². The van der Waals surface area contributed by atoms with Gasteiger partial charge in [0, 0.05) is 13.0 Å². The van der Waals surface area contributed by atoms with Gasteiger partial charge < -0.3 is 15.0 Å². The molecular weight excluding hydrogens is 244 g/mol. The third kappa shape index (κ3) is 2.33. The first-order valence-corrected chi connectivity index (χ1v) is 6.48. The number of rotatable bonds is 2. The third-order valence-electron chi connectivity index (χ3n) is 3.63. The second-order valence-electron chi connectivity index (χ2n) is 4.85. The predicted molar refractivity (Wildman–Crippen MR) is 68.4 cm³/mol. The SMILES string of the molecule is O=C1NCC(=O)N2CCOC(Cc3ccccc3)C12. The number of fused-ring (bicyclic) bond motifs is 1. The van der Waals surface area contributed by atoms with Crippen molar-refractivity contribution in [2.75, 3.05) is 19.7 Å². The van der Waals surface area contributed by atoms with Gasteiger partial charge in [0.2, 0.25) is 11.8 Å². The molecule has 100 valence electrons. The first-order chi connectivity index (χ1) is 9.25. The fourth-order valence-electron chi connectivity index (χ4n) is 2.71. The zero-order valence-corrected chi connectivity index (χ0v) is 10.5. The largest absolute Gasteiger partial charge is 0.373 e. The van der Waals surface area contributed by atoms with E-state index >= 15 is 0 Å². The molecule has 5 nitrogen and oxygen atoms in total. The monoisotopic (exact) mass is 260 g/mol. The minimum atomic E-state index is -0.491. The first-order valence-electron chi connectivity index (χ1n) is 6.48. The van der Waals surface area contributed by atoms with Crippen molar-refractivity contribution in [1.29, 1.82) is 0 Å². The second-order valence-corrected chi connectivity index (χ2v) is 4.85. The van der Waals surface area contributed by atoms with Crippen LogP contribution in [0.2, 0.25) is 0 Å². The van der Waals surface area contributed by atoms with Gasteiger partial charge in [0.15, 0.2) is 0 Å². The van der Waals surface area contributed by atoms with E-state index in [1.165, 1.54) is 0 Å². The van der Waals surface area contributed by atoms with E-state index in [0.29, 0.717) is 19.6 Å². The van der Waals surface area contributed by atoms with Gasteiger partial charge in [0.1, 0.15) is 6.04 Å². The minimum absolute atomic E-state index is 0.0223. The van der Waals surface area contributed by atoms with Gasteiger partial charge in [-0.3, -0.25) is 9.59 Å². The van der Waals surface area contributed by atoms with Crippen LogP contribution >= 0.6 is 0 Å². The molecule has 2 fully saturated rings. The normalized spacial score (nSPS) is 26.8. The molecule has 2 heterocycles. The van der Waals surface area contributed by atoms with E-state index < -0.39 is 6.04 Å². The number of morpholine rings is 1. The smallest absolute Gasteiger partial charge is 0.245 e. The Hall–Kier alpha value is -1.88. The van der Waals surface area contributed by atoms with Crippen LogP contribution in [-0.2, 0) is 20.7 Å². The summed E-state index contributed by atoms with van der Waals surface area (Å²) in [4.78, 5) is 25.5. The van der Waals surface area contributed by atoms with Gasteiger partial charge in [-0.05, 0) is 5.56 Å². The van der Waals surface area contributed by atoms with Crippen LogP contribution in [0.3, 0.4) is 0 Å². The van der Waals surface area contributed by atoms with Crippen molar-refractivity contribution in [2.45, 2.75) is 18.6 Å². The Labute approximate surface area is 111 Å². The molecule has 1 aromatic rings. The highest BCUT2D eigenvalue weighted by Crippen LogP contribution is 2.20. The van der Waals surface area contributed by atoms with Crippen molar-refractivity contribution in [3.63, 3.8) is 0 Å². The molecule has 2 saturated heterocycles. The van der Waals surface area contributed by atoms with Gasteiger partial charge in [-0.15, -0.1) is 0 Å². The fourth-order valence-corrected chi connectivity index (χ4v) is 2.71. The number of nitrogens with one attached hydrogen (secondary N) is 1. The van der Waals surface area contributed by atoms with E-state index in [2.05, 4.69) is 5.32 Å². The average molecular weight is 260 g/mol. The summed E-state index contributed by atoms with van der Waals surface area (Å²) in [5, 5.41) is 2.64. The summed E-state index contributed by atoms with van der Waals surface area (Å²) in [5.41, 5.74) is 1.11. The predicted octanol–water partition coefficient (Wildman–Crippen LogP) is -0.0451. The zero-order chi connectivity index (χ0) is 13.2. The summed E-state index contributed by atoms with van der Waals surface area (Å²) in [6, 6.07) is 9.39. The molecule has 2 aliphatic heterocycles. The summed E-state index contributed by atoms with van der Waals surface area (Å²) in [6.07, 6.45) is 0.378. The van der Waals surface area contributed by atoms with Crippen LogP contribution < -0.4 is 5.32 Å². The number of nitrogens with zero attached hydrogens (tertiary/aromatic N) is 1. The fraction of sp³-hybridized carbons (Fsp3) is 0.429. The number of piperazine rings is 1. The highest BCUT2D eigenvalue weighted by molar-refractivity contribution is 5.95. The molecule has 0 aromatic heterocycles. The Balaban J connectivity index is 1.80. The highest BCUT2D eigenvalue weighted by Gasteiger charge is 2.42. The lowest BCUT2D eigenvalue weighted by Crippen LogP contribution is -2.66. The summed E-state index contributed by atoms with van der Waals surface area (Å²) < 4.78 is 5.72. The van der Waals surface area contributed by atoms with Gasteiger partial charge in [0.05, 0.1) is 19.3 Å². The number of hydrogen-bond donors (Lipinski definition) is 1. The van der Waals surface area contributed by atoms with Gasteiger partial charge in [0.25, 0.3) is 0 Å². The summed E-state index contributed by atoms with van der Waals surface area (Å²) >= 11 is 0. The first kappa shape index (κ1) is 12.2.